The van der Waals surface area contributed by atoms with Crippen LogP contribution in [0.3, 0.4) is 0 Å². The number of carbonyl (C=O) groups excluding carboxylic acids is 1. The number of rotatable bonds is 6. The molecule has 4 nitrogen and oxygen atoms in total. The number of nitrogens with zero attached hydrogens (tertiary/aromatic N) is 2. The van der Waals surface area contributed by atoms with E-state index in [0.29, 0.717) is 6.61 Å². The monoisotopic (exact) mass is 298 g/mol. The smallest absolute Gasteiger partial charge is 0.307 e. The summed E-state index contributed by atoms with van der Waals surface area (Å²) in [6, 6.07) is 5.42. The maximum Gasteiger partial charge on any atom is 0.307 e. The van der Waals surface area contributed by atoms with Gasteiger partial charge in [0.15, 0.2) is 0 Å². The molecule has 0 saturated heterocycles. The number of halogens is 2. The number of ether oxygens (including phenoxy) is 1. The molecule has 0 radical (unpaired) electrons. The summed E-state index contributed by atoms with van der Waals surface area (Å²) in [7, 11) is 1.63. The van der Waals surface area contributed by atoms with Crippen molar-refractivity contribution in [1.82, 2.24) is 4.90 Å². The first-order chi connectivity index (χ1) is 9.51. The fourth-order valence-electron chi connectivity index (χ4n) is 1.79. The molecule has 6 heteroatoms. The highest BCUT2D eigenvalue weighted by Gasteiger charge is 2.23. The molecule has 20 heavy (non-hydrogen) atoms. The summed E-state index contributed by atoms with van der Waals surface area (Å²) in [6.07, 6.45) is 0.134. The van der Waals surface area contributed by atoms with Crippen LogP contribution < -0.4 is 0 Å². The lowest BCUT2D eigenvalue weighted by Crippen LogP contribution is -2.27. The van der Waals surface area contributed by atoms with Gasteiger partial charge >= 0.3 is 5.97 Å². The van der Waals surface area contributed by atoms with Crippen LogP contribution in [0.15, 0.2) is 18.2 Å². The maximum absolute atomic E-state index is 13.8. The fourth-order valence-corrected chi connectivity index (χ4v) is 2.05. The lowest BCUT2D eigenvalue weighted by atomic mass is 10.1. The predicted molar refractivity (Wildman–Crippen MR) is 73.6 cm³/mol. The second-order valence-electron chi connectivity index (χ2n) is 4.20. The predicted octanol–water partition coefficient (Wildman–Crippen LogP) is 2.93. The number of carbonyl (C=O) groups is 1. The van der Waals surface area contributed by atoms with Gasteiger partial charge in [0.2, 0.25) is 0 Å². The third-order valence-electron chi connectivity index (χ3n) is 2.81. The third kappa shape index (κ3) is 4.19. The molecule has 0 bridgehead atoms. The average molecular weight is 299 g/mol. The van der Waals surface area contributed by atoms with Crippen molar-refractivity contribution >= 4 is 17.6 Å². The van der Waals surface area contributed by atoms with E-state index in [1.807, 2.05) is 6.07 Å². The van der Waals surface area contributed by atoms with Crippen molar-refractivity contribution in [2.75, 3.05) is 20.2 Å². The Morgan fingerprint density at radius 2 is 2.30 bits per heavy atom. The largest absolute Gasteiger partial charge is 0.466 e. The summed E-state index contributed by atoms with van der Waals surface area (Å²) in [5.74, 6) is -0.886. The van der Waals surface area contributed by atoms with Gasteiger partial charge in [0.25, 0.3) is 0 Å². The van der Waals surface area contributed by atoms with E-state index in [2.05, 4.69) is 0 Å². The van der Waals surface area contributed by atoms with Gasteiger partial charge in [-0.1, -0.05) is 17.7 Å². The molecule has 0 fully saturated rings. The molecule has 0 amide bonds. The molecular formula is C14H16ClFN2O2. The normalized spacial score (nSPS) is 12.0. The minimum absolute atomic E-state index is 0.128. The Bertz CT molecular complexity index is 496. The molecule has 108 valence electrons. The van der Waals surface area contributed by atoms with Gasteiger partial charge in [-0.15, -0.1) is 0 Å². The van der Waals surface area contributed by atoms with Gasteiger partial charge < -0.3 is 4.74 Å². The van der Waals surface area contributed by atoms with Crippen molar-refractivity contribution < 1.29 is 13.9 Å². The zero-order valence-electron chi connectivity index (χ0n) is 11.4. The Morgan fingerprint density at radius 1 is 1.60 bits per heavy atom. The van der Waals surface area contributed by atoms with Crippen molar-refractivity contribution in [2.45, 2.75) is 19.4 Å². The van der Waals surface area contributed by atoms with Crippen molar-refractivity contribution in [1.29, 1.82) is 5.26 Å². The van der Waals surface area contributed by atoms with Crippen molar-refractivity contribution in [3.63, 3.8) is 0 Å². The summed E-state index contributed by atoms with van der Waals surface area (Å²) >= 11 is 5.95. The summed E-state index contributed by atoms with van der Waals surface area (Å²) in [5, 5.41) is 9.43. The van der Waals surface area contributed by atoms with Crippen molar-refractivity contribution in [3.05, 3.63) is 34.6 Å². The summed E-state index contributed by atoms with van der Waals surface area (Å²) in [6.45, 7) is 2.31. The summed E-state index contributed by atoms with van der Waals surface area (Å²) < 4.78 is 18.6. The molecule has 1 atom stereocenters. The minimum Gasteiger partial charge on any atom is -0.466 e. The first-order valence-electron chi connectivity index (χ1n) is 6.20. The molecule has 1 aromatic carbocycles. The molecule has 0 N–H and O–H groups in total. The SMILES string of the molecule is CCOC(=O)CCN(C)C(C#N)c1c(F)cccc1Cl. The number of esters is 1. The van der Waals surface area contributed by atoms with Crippen LogP contribution >= 0.6 is 11.6 Å². The lowest BCUT2D eigenvalue weighted by molar-refractivity contribution is -0.143. The van der Waals surface area contributed by atoms with E-state index < -0.39 is 11.9 Å². The molecule has 0 spiro atoms. The topological polar surface area (TPSA) is 53.3 Å². The zero-order chi connectivity index (χ0) is 15.1. The molecule has 0 aliphatic heterocycles. The standard InChI is InChI=1S/C14H16ClFN2O2/c1-3-20-13(19)7-8-18(2)12(9-17)14-10(15)5-4-6-11(14)16/h4-6,12H,3,7-8H2,1-2H3. The van der Waals surface area contributed by atoms with Gasteiger partial charge in [-0.3, -0.25) is 9.69 Å². The van der Waals surface area contributed by atoms with E-state index in [0.717, 1.165) is 0 Å². The lowest BCUT2D eigenvalue weighted by Gasteiger charge is -2.23. The van der Waals surface area contributed by atoms with Crippen LogP contribution in [0.25, 0.3) is 0 Å². The fraction of sp³-hybridized carbons (Fsp3) is 0.429. The van der Waals surface area contributed by atoms with E-state index in [-0.39, 0.29) is 29.5 Å². The Kier molecular flexibility index (Phi) is 6.43. The van der Waals surface area contributed by atoms with Crippen LogP contribution in [-0.4, -0.2) is 31.1 Å². The average Bonchev–Trinajstić information content (AvgIpc) is 2.41. The second-order valence-corrected chi connectivity index (χ2v) is 4.61. The van der Waals surface area contributed by atoms with E-state index in [4.69, 9.17) is 16.3 Å². The Hall–Kier alpha value is -1.64. The molecule has 1 rings (SSSR count). The molecule has 1 unspecified atom stereocenters. The molecule has 0 saturated carbocycles. The van der Waals surface area contributed by atoms with Crippen LogP contribution in [-0.2, 0) is 9.53 Å². The highest BCUT2D eigenvalue weighted by molar-refractivity contribution is 6.31. The first-order valence-corrected chi connectivity index (χ1v) is 6.58. The highest BCUT2D eigenvalue weighted by Crippen LogP contribution is 2.29. The van der Waals surface area contributed by atoms with Gasteiger partial charge in [-0.25, -0.2) is 4.39 Å². The Labute approximate surface area is 122 Å². The number of hydrogen-bond acceptors (Lipinski definition) is 4. The van der Waals surface area contributed by atoms with E-state index in [1.54, 1.807) is 18.9 Å². The molecular weight excluding hydrogens is 283 g/mol. The Balaban J connectivity index is 2.81. The minimum atomic E-state index is -0.849. The van der Waals surface area contributed by atoms with Crippen LogP contribution in [0, 0.1) is 17.1 Å². The molecule has 0 aromatic heterocycles. The van der Waals surface area contributed by atoms with Gasteiger partial charge in [-0.2, -0.15) is 5.26 Å². The zero-order valence-corrected chi connectivity index (χ0v) is 12.2. The molecule has 1 aromatic rings. The first kappa shape index (κ1) is 16.4. The second kappa shape index (κ2) is 7.83. The number of hydrogen-bond donors (Lipinski definition) is 0. The van der Waals surface area contributed by atoms with Gasteiger partial charge in [-0.05, 0) is 26.1 Å². The van der Waals surface area contributed by atoms with Crippen LogP contribution in [0.1, 0.15) is 24.9 Å². The van der Waals surface area contributed by atoms with E-state index in [1.165, 1.54) is 18.2 Å². The van der Waals surface area contributed by atoms with Gasteiger partial charge in [0.1, 0.15) is 11.9 Å². The molecule has 0 aliphatic rings. The molecule has 0 heterocycles. The highest BCUT2D eigenvalue weighted by atomic mass is 35.5. The van der Waals surface area contributed by atoms with Crippen LogP contribution in [0.2, 0.25) is 5.02 Å². The summed E-state index contributed by atoms with van der Waals surface area (Å²) in [5.41, 5.74) is 0.128. The van der Waals surface area contributed by atoms with Crippen LogP contribution in [0.4, 0.5) is 4.39 Å². The van der Waals surface area contributed by atoms with Crippen molar-refractivity contribution in [2.24, 2.45) is 0 Å². The maximum atomic E-state index is 13.8. The summed E-state index contributed by atoms with van der Waals surface area (Å²) in [4.78, 5) is 12.9. The van der Waals surface area contributed by atoms with Crippen LogP contribution in [0.5, 0.6) is 0 Å². The van der Waals surface area contributed by atoms with Gasteiger partial charge in [0, 0.05) is 17.1 Å². The number of nitriles is 1. The third-order valence-corrected chi connectivity index (χ3v) is 3.14. The Morgan fingerprint density at radius 3 is 2.85 bits per heavy atom. The van der Waals surface area contributed by atoms with E-state index >= 15 is 0 Å². The number of benzene rings is 1. The van der Waals surface area contributed by atoms with Crippen molar-refractivity contribution in [3.8, 4) is 6.07 Å². The van der Waals surface area contributed by atoms with E-state index in [9.17, 15) is 14.4 Å². The van der Waals surface area contributed by atoms with Gasteiger partial charge in [0.05, 0.1) is 19.1 Å². The quantitative estimate of drug-likeness (QED) is 0.758. The molecule has 0 aliphatic carbocycles.